The Morgan fingerprint density at radius 3 is 2.36 bits per heavy atom. The van der Waals surface area contributed by atoms with Crippen molar-refractivity contribution >= 4 is 46.9 Å². The Morgan fingerprint density at radius 1 is 1.00 bits per heavy atom. The van der Waals surface area contributed by atoms with Crippen molar-refractivity contribution in [3.8, 4) is 10.4 Å². The van der Waals surface area contributed by atoms with Crippen molar-refractivity contribution in [2.45, 2.75) is 71.6 Å². The van der Waals surface area contributed by atoms with Crippen molar-refractivity contribution in [3.63, 3.8) is 0 Å². The number of likely N-dealkylation sites (tertiary alicyclic amines) is 1. The SMILES string of the molecule is Cc1ncsc1-c1ccc(CCNC(=O)[C@@H]2C[C@@H](O)CN2C(=O)C(C)(C)[C@H](C)NC(=O)CCCNC(=O)c2ccc(N3CCN(CCN(C)C(=O)O)CC3)nc2)cc1. The zero-order valence-corrected chi connectivity index (χ0v) is 34.9. The lowest BCUT2D eigenvalue weighted by Gasteiger charge is -2.36. The number of aromatic nitrogens is 2. The lowest BCUT2D eigenvalue weighted by Crippen LogP contribution is -2.55. The molecule has 2 fully saturated rings. The van der Waals surface area contributed by atoms with Crippen molar-refractivity contribution in [2.24, 2.45) is 5.41 Å². The first kappa shape index (κ1) is 44.0. The minimum absolute atomic E-state index is 0.0319. The first-order valence-electron chi connectivity index (χ1n) is 19.8. The second-order valence-corrected chi connectivity index (χ2v) is 16.5. The van der Waals surface area contributed by atoms with Gasteiger partial charge in [-0.25, -0.2) is 14.8 Å². The summed E-state index contributed by atoms with van der Waals surface area (Å²) in [4.78, 5) is 80.8. The van der Waals surface area contributed by atoms with Crippen LogP contribution in [0.2, 0.25) is 0 Å². The predicted octanol–water partition coefficient (Wildman–Crippen LogP) is 2.61. The van der Waals surface area contributed by atoms with Gasteiger partial charge in [-0.05, 0) is 63.8 Å². The normalized spacial score (nSPS) is 17.8. The molecule has 4 heterocycles. The summed E-state index contributed by atoms with van der Waals surface area (Å²) in [6, 6.07) is 10.3. The molecule has 0 unspecified atom stereocenters. The maximum atomic E-state index is 13.9. The van der Waals surface area contributed by atoms with Gasteiger partial charge in [0.25, 0.3) is 5.91 Å². The summed E-state index contributed by atoms with van der Waals surface area (Å²) in [5.41, 5.74) is 4.31. The molecule has 0 radical (unpaired) electrons. The third kappa shape index (κ3) is 11.5. The molecule has 0 aliphatic carbocycles. The molecule has 16 nitrogen and oxygen atoms in total. The van der Waals surface area contributed by atoms with E-state index in [4.69, 9.17) is 5.11 Å². The number of aryl methyl sites for hydroxylation is 1. The summed E-state index contributed by atoms with van der Waals surface area (Å²) < 4.78 is 0. The number of amides is 5. The standard InChI is InChI=1S/C41H57N9O7S/c1-27-36(58-26-45-27)30-10-8-29(9-11-30)14-16-43-38(54)33-23-32(51)25-50(33)39(55)41(3,4)28(2)46-35(52)7-6-15-42-37(53)31-12-13-34(44-24-31)49-21-19-48(20-22-49)18-17-47(5)40(56)57/h8-13,24,26,28,32-33,51H,6-7,14-23,25H2,1-5H3,(H,42,53)(H,43,54)(H,46,52)(H,56,57)/t28-,32+,33-/m0/s1. The Hall–Kier alpha value is -5.13. The fraction of sp³-hybridized carbons (Fsp3) is 0.537. The second-order valence-electron chi connectivity index (χ2n) is 15.7. The number of nitrogens with one attached hydrogen (secondary N) is 3. The molecule has 5 rings (SSSR count). The molecular weight excluding hydrogens is 763 g/mol. The maximum absolute atomic E-state index is 13.9. The highest BCUT2D eigenvalue weighted by Gasteiger charge is 2.46. The van der Waals surface area contributed by atoms with Gasteiger partial charge >= 0.3 is 6.09 Å². The number of rotatable bonds is 17. The number of thiazole rings is 1. The number of aliphatic hydroxyl groups is 1. The van der Waals surface area contributed by atoms with Gasteiger partial charge in [0.2, 0.25) is 17.7 Å². The van der Waals surface area contributed by atoms with E-state index in [1.165, 1.54) is 16.0 Å². The minimum atomic E-state index is -1.07. The van der Waals surface area contributed by atoms with Gasteiger partial charge < -0.3 is 40.9 Å². The van der Waals surface area contributed by atoms with E-state index in [0.29, 0.717) is 38.0 Å². The van der Waals surface area contributed by atoms with Crippen LogP contribution in [0.25, 0.3) is 10.4 Å². The molecule has 5 amide bonds. The van der Waals surface area contributed by atoms with Crippen molar-refractivity contribution in [1.82, 2.24) is 40.6 Å². The summed E-state index contributed by atoms with van der Waals surface area (Å²) >= 11 is 1.60. The third-order valence-corrected chi connectivity index (χ3v) is 12.2. The predicted molar refractivity (Wildman–Crippen MR) is 222 cm³/mol. The van der Waals surface area contributed by atoms with Crippen LogP contribution in [0.3, 0.4) is 0 Å². The van der Waals surface area contributed by atoms with Crippen molar-refractivity contribution in [2.75, 3.05) is 70.9 Å². The molecule has 2 aromatic heterocycles. The second kappa shape index (κ2) is 20.0. The van der Waals surface area contributed by atoms with Crippen LogP contribution in [0.5, 0.6) is 0 Å². The first-order valence-corrected chi connectivity index (χ1v) is 20.7. The Bertz CT molecular complexity index is 1880. The zero-order valence-electron chi connectivity index (χ0n) is 34.1. The molecule has 2 aliphatic rings. The highest BCUT2D eigenvalue weighted by Crippen LogP contribution is 2.30. The molecular formula is C41H57N9O7S. The molecule has 0 bridgehead atoms. The molecule has 58 heavy (non-hydrogen) atoms. The fourth-order valence-corrected chi connectivity index (χ4v) is 7.85. The number of carbonyl (C=O) groups excluding carboxylic acids is 4. The van der Waals surface area contributed by atoms with E-state index < -0.39 is 29.7 Å². The summed E-state index contributed by atoms with van der Waals surface area (Å²) in [6.07, 6.45) is 1.02. The minimum Gasteiger partial charge on any atom is -0.465 e. The summed E-state index contributed by atoms with van der Waals surface area (Å²) in [5, 5.41) is 28.2. The van der Waals surface area contributed by atoms with Crippen LogP contribution >= 0.6 is 11.3 Å². The van der Waals surface area contributed by atoms with Crippen molar-refractivity contribution in [1.29, 1.82) is 0 Å². The first-order chi connectivity index (χ1) is 27.6. The van der Waals surface area contributed by atoms with Crippen molar-refractivity contribution < 1.29 is 34.2 Å². The molecule has 2 aliphatic heterocycles. The smallest absolute Gasteiger partial charge is 0.407 e. The van der Waals surface area contributed by atoms with Gasteiger partial charge in [0.15, 0.2) is 0 Å². The van der Waals surface area contributed by atoms with Crippen LogP contribution in [0.1, 0.15) is 61.6 Å². The maximum Gasteiger partial charge on any atom is 0.407 e. The number of hydrogen-bond donors (Lipinski definition) is 5. The number of pyridine rings is 1. The molecule has 0 spiro atoms. The highest BCUT2D eigenvalue weighted by molar-refractivity contribution is 7.13. The Balaban J connectivity index is 1.00. The van der Waals surface area contributed by atoms with E-state index in [1.807, 2.05) is 42.8 Å². The Morgan fingerprint density at radius 2 is 1.72 bits per heavy atom. The number of aliphatic hydroxyl groups excluding tert-OH is 1. The van der Waals surface area contributed by atoms with Crippen LogP contribution in [-0.4, -0.2) is 149 Å². The molecule has 3 atom stereocenters. The van der Waals surface area contributed by atoms with E-state index in [9.17, 15) is 29.1 Å². The van der Waals surface area contributed by atoms with Gasteiger partial charge in [-0.15, -0.1) is 11.3 Å². The summed E-state index contributed by atoms with van der Waals surface area (Å²) in [7, 11) is 1.56. The number of β-amino-alcohol motifs (C(OH)–C–C–N with tert-alkyl or cyclic N) is 1. The topological polar surface area (TPSA) is 201 Å². The van der Waals surface area contributed by atoms with Gasteiger partial charge in [-0.1, -0.05) is 24.3 Å². The monoisotopic (exact) mass is 819 g/mol. The van der Waals surface area contributed by atoms with Gasteiger partial charge in [0, 0.05) is 91.0 Å². The van der Waals surface area contributed by atoms with E-state index in [-0.39, 0.29) is 49.6 Å². The number of carbonyl (C=O) groups is 5. The Labute approximate surface area is 344 Å². The molecule has 1 aromatic carbocycles. The number of hydrogen-bond acceptors (Lipinski definition) is 11. The number of piperazine rings is 1. The largest absolute Gasteiger partial charge is 0.465 e. The van der Waals surface area contributed by atoms with Gasteiger partial charge in [-0.2, -0.15) is 0 Å². The van der Waals surface area contributed by atoms with Crippen LogP contribution < -0.4 is 20.9 Å². The number of anilines is 1. The number of nitrogens with zero attached hydrogens (tertiary/aromatic N) is 6. The quantitative estimate of drug-likeness (QED) is 0.126. The van der Waals surface area contributed by atoms with Gasteiger partial charge in [0.1, 0.15) is 11.9 Å². The molecule has 3 aromatic rings. The Kier molecular flexibility index (Phi) is 15.2. The zero-order chi connectivity index (χ0) is 42.0. The van der Waals surface area contributed by atoms with Gasteiger partial charge in [-0.3, -0.25) is 24.1 Å². The van der Waals surface area contributed by atoms with Crippen molar-refractivity contribution in [3.05, 3.63) is 64.9 Å². The average Bonchev–Trinajstić information content (AvgIpc) is 3.83. The van der Waals surface area contributed by atoms with Crippen LogP contribution in [0.4, 0.5) is 10.6 Å². The van der Waals surface area contributed by atoms with E-state index in [1.54, 1.807) is 45.2 Å². The molecule has 2 saturated heterocycles. The third-order valence-electron chi connectivity index (χ3n) is 11.2. The number of likely N-dealkylation sites (N-methyl/N-ethyl adjacent to an activating group) is 1. The molecule has 5 N–H and O–H groups in total. The number of benzene rings is 1. The fourth-order valence-electron chi connectivity index (χ4n) is 7.03. The molecule has 17 heteroatoms. The molecule has 314 valence electrons. The highest BCUT2D eigenvalue weighted by atomic mass is 32.1. The van der Waals surface area contributed by atoms with E-state index in [2.05, 4.69) is 35.7 Å². The lowest BCUT2D eigenvalue weighted by molar-refractivity contribution is -0.147. The summed E-state index contributed by atoms with van der Waals surface area (Å²) in [6.45, 7) is 12.0. The lowest BCUT2D eigenvalue weighted by atomic mass is 9.83. The van der Waals surface area contributed by atoms with Crippen LogP contribution in [-0.2, 0) is 20.8 Å². The van der Waals surface area contributed by atoms with Crippen LogP contribution in [0, 0.1) is 12.3 Å². The van der Waals surface area contributed by atoms with E-state index in [0.717, 1.165) is 53.7 Å². The average molecular weight is 820 g/mol. The number of carboxylic acid groups (broad SMARTS) is 1. The van der Waals surface area contributed by atoms with Crippen LogP contribution in [0.15, 0.2) is 48.1 Å². The molecule has 0 saturated carbocycles. The summed E-state index contributed by atoms with van der Waals surface area (Å²) in [5.74, 6) is -0.454. The van der Waals surface area contributed by atoms with E-state index >= 15 is 0 Å². The van der Waals surface area contributed by atoms with Gasteiger partial charge in [0.05, 0.1) is 33.2 Å².